The Balaban J connectivity index is 2.24. The summed E-state index contributed by atoms with van der Waals surface area (Å²) >= 11 is 0. The molecule has 3 unspecified atom stereocenters. The van der Waals surface area contributed by atoms with E-state index in [0.29, 0.717) is 0 Å². The lowest BCUT2D eigenvalue weighted by molar-refractivity contribution is -0.228. The third kappa shape index (κ3) is 8.29. The normalized spacial score (nSPS) is 15.7. The van der Waals surface area contributed by atoms with Crippen molar-refractivity contribution < 1.29 is 53.1 Å². The number of benzene rings is 3. The molecule has 0 N–H and O–H groups in total. The molecule has 0 spiro atoms. The second kappa shape index (κ2) is 13.1. The molecule has 0 aliphatic heterocycles. The highest BCUT2D eigenvalue weighted by molar-refractivity contribution is 7.41. The van der Waals surface area contributed by atoms with Crippen molar-refractivity contribution in [2.75, 3.05) is 0 Å². The van der Waals surface area contributed by atoms with Crippen LogP contribution in [0.1, 0.15) is 68.4 Å². The monoisotopic (exact) mass is 640 g/mol. The van der Waals surface area contributed by atoms with E-state index < -0.39 is 62.1 Å². The van der Waals surface area contributed by atoms with Gasteiger partial charge in [0.15, 0.2) is 18.3 Å². The van der Waals surface area contributed by atoms with Gasteiger partial charge in [0.1, 0.15) is 0 Å². The van der Waals surface area contributed by atoms with Gasteiger partial charge in [-0.1, -0.05) is 54.6 Å². The third-order valence-electron chi connectivity index (χ3n) is 6.88. The molecule has 0 saturated heterocycles. The number of halogens is 9. The molecule has 0 bridgehead atoms. The molecule has 236 valence electrons. The predicted octanol–water partition coefficient (Wildman–Crippen LogP) is 11.0. The topological polar surface area (TPSA) is 27.7 Å². The number of aryl methyl sites for hydroxylation is 6. The lowest BCUT2D eigenvalue weighted by atomic mass is 9.98. The molecule has 0 heterocycles. The highest BCUT2D eigenvalue weighted by Crippen LogP contribution is 2.59. The van der Waals surface area contributed by atoms with Crippen molar-refractivity contribution >= 4 is 8.60 Å². The minimum absolute atomic E-state index is 0.0570. The first-order valence-corrected chi connectivity index (χ1v) is 14.0. The molecule has 0 radical (unpaired) electrons. The van der Waals surface area contributed by atoms with Crippen LogP contribution < -0.4 is 0 Å². The van der Waals surface area contributed by atoms with Crippen molar-refractivity contribution in [2.45, 2.75) is 78.4 Å². The summed E-state index contributed by atoms with van der Waals surface area (Å²) in [4.78, 5) is 0. The van der Waals surface area contributed by atoms with Crippen LogP contribution in [0.25, 0.3) is 0 Å². The fourth-order valence-corrected chi connectivity index (χ4v) is 6.22. The van der Waals surface area contributed by atoms with E-state index in [4.69, 9.17) is 13.6 Å². The van der Waals surface area contributed by atoms with E-state index in [1.54, 1.807) is 0 Å². The molecule has 3 atom stereocenters. The fraction of sp³-hybridized carbons (Fsp3) is 0.400. The van der Waals surface area contributed by atoms with Gasteiger partial charge in [-0.15, -0.1) is 0 Å². The first-order chi connectivity index (χ1) is 19.7. The van der Waals surface area contributed by atoms with Crippen LogP contribution in [-0.4, -0.2) is 18.5 Å². The van der Waals surface area contributed by atoms with Gasteiger partial charge in [0, 0.05) is 0 Å². The maximum Gasteiger partial charge on any atom is 0.419 e. The van der Waals surface area contributed by atoms with Gasteiger partial charge in [-0.2, -0.15) is 39.5 Å². The Morgan fingerprint density at radius 1 is 0.419 bits per heavy atom. The Kier molecular flexibility index (Phi) is 10.6. The van der Waals surface area contributed by atoms with Crippen LogP contribution in [0.2, 0.25) is 0 Å². The molecule has 3 aromatic rings. The van der Waals surface area contributed by atoms with E-state index >= 15 is 0 Å². The minimum atomic E-state index is -5.26. The molecular weight excluding hydrogens is 610 g/mol. The number of rotatable bonds is 9. The first-order valence-electron chi connectivity index (χ1n) is 12.9. The van der Waals surface area contributed by atoms with Crippen LogP contribution in [-0.2, 0) is 13.6 Å². The van der Waals surface area contributed by atoms with Crippen LogP contribution >= 0.6 is 8.60 Å². The maximum absolute atomic E-state index is 14.5. The summed E-state index contributed by atoms with van der Waals surface area (Å²) in [5.74, 6) is 0. The van der Waals surface area contributed by atoms with Gasteiger partial charge >= 0.3 is 27.1 Å². The molecule has 0 aliphatic rings. The molecule has 0 fully saturated rings. The van der Waals surface area contributed by atoms with Gasteiger partial charge in [0.25, 0.3) is 0 Å². The molecule has 3 nitrogen and oxygen atoms in total. The SMILES string of the molecule is Cc1cccc(C)c1C(OP(OC(c1c(C)cccc1C)C(F)(F)F)OC(c1c(C)cccc1C)C(F)(F)F)C(F)(F)F. The Hall–Kier alpha value is -2.66. The second-order valence-corrected chi connectivity index (χ2v) is 11.3. The summed E-state index contributed by atoms with van der Waals surface area (Å²) in [6.45, 7) is 7.91. The zero-order valence-corrected chi connectivity index (χ0v) is 24.9. The predicted molar refractivity (Wildman–Crippen MR) is 144 cm³/mol. The molecule has 0 amide bonds. The first kappa shape index (κ1) is 34.8. The van der Waals surface area contributed by atoms with E-state index in [9.17, 15) is 39.5 Å². The van der Waals surface area contributed by atoms with Crippen molar-refractivity contribution in [3.05, 3.63) is 105 Å². The summed E-state index contributed by atoms with van der Waals surface area (Å²) < 4.78 is 146. The molecule has 43 heavy (non-hydrogen) atoms. The maximum atomic E-state index is 14.5. The Morgan fingerprint density at radius 3 is 0.767 bits per heavy atom. The van der Waals surface area contributed by atoms with Crippen LogP contribution in [0.5, 0.6) is 0 Å². The lowest BCUT2D eigenvalue weighted by Crippen LogP contribution is -2.29. The lowest BCUT2D eigenvalue weighted by Gasteiger charge is -2.33. The van der Waals surface area contributed by atoms with E-state index in [-0.39, 0.29) is 33.4 Å². The molecule has 0 aliphatic carbocycles. The number of alkyl halides is 9. The van der Waals surface area contributed by atoms with Gasteiger partial charge in [-0.3, -0.25) is 13.6 Å². The molecular formula is C30H30F9O3P. The molecule has 3 aromatic carbocycles. The van der Waals surface area contributed by atoms with Gasteiger partial charge in [0.2, 0.25) is 0 Å². The Bertz CT molecular complexity index is 1190. The average molecular weight is 641 g/mol. The molecule has 3 rings (SSSR count). The van der Waals surface area contributed by atoms with Gasteiger partial charge in [-0.05, 0) is 91.6 Å². The molecule has 13 heteroatoms. The summed E-state index contributed by atoms with van der Waals surface area (Å²) in [6.07, 6.45) is -24.7. The second-order valence-electron chi connectivity index (χ2n) is 10.2. The Morgan fingerprint density at radius 2 is 0.605 bits per heavy atom. The summed E-state index contributed by atoms with van der Waals surface area (Å²) in [6, 6.07) is 12.3. The van der Waals surface area contributed by atoms with Crippen molar-refractivity contribution in [1.82, 2.24) is 0 Å². The van der Waals surface area contributed by atoms with Crippen LogP contribution in [0.3, 0.4) is 0 Å². The van der Waals surface area contributed by atoms with Crippen LogP contribution in [0, 0.1) is 41.5 Å². The average Bonchev–Trinajstić information content (AvgIpc) is 2.84. The van der Waals surface area contributed by atoms with E-state index in [0.717, 1.165) is 0 Å². The van der Waals surface area contributed by atoms with Gasteiger partial charge in [-0.25, -0.2) is 0 Å². The summed E-state index contributed by atoms with van der Waals surface area (Å²) in [5.41, 5.74) is -1.07. The molecule has 0 aromatic heterocycles. The number of hydrogen-bond donors (Lipinski definition) is 0. The van der Waals surface area contributed by atoms with Gasteiger partial charge in [0.05, 0.1) is 0 Å². The van der Waals surface area contributed by atoms with Crippen molar-refractivity contribution in [1.29, 1.82) is 0 Å². The zero-order valence-electron chi connectivity index (χ0n) is 24.0. The van der Waals surface area contributed by atoms with E-state index in [1.807, 2.05) is 0 Å². The van der Waals surface area contributed by atoms with Crippen LogP contribution in [0.4, 0.5) is 39.5 Å². The van der Waals surface area contributed by atoms with Gasteiger partial charge < -0.3 is 0 Å². The third-order valence-corrected chi connectivity index (χ3v) is 8.03. The Labute approximate surface area is 245 Å². The van der Waals surface area contributed by atoms with E-state index in [2.05, 4.69) is 0 Å². The van der Waals surface area contributed by atoms with Crippen LogP contribution in [0.15, 0.2) is 54.6 Å². The zero-order chi connectivity index (χ0) is 32.5. The highest BCUT2D eigenvalue weighted by atomic mass is 31.2. The van der Waals surface area contributed by atoms with Crippen molar-refractivity contribution in [2.24, 2.45) is 0 Å². The fourth-order valence-electron chi connectivity index (χ4n) is 4.88. The minimum Gasteiger partial charge on any atom is -0.294 e. The summed E-state index contributed by atoms with van der Waals surface area (Å²) in [7, 11) is -3.98. The summed E-state index contributed by atoms with van der Waals surface area (Å²) in [5, 5.41) is 0. The van der Waals surface area contributed by atoms with Crippen molar-refractivity contribution in [3.8, 4) is 0 Å². The van der Waals surface area contributed by atoms with Crippen molar-refractivity contribution in [3.63, 3.8) is 0 Å². The smallest absolute Gasteiger partial charge is 0.294 e. The van der Waals surface area contributed by atoms with E-state index in [1.165, 1.54) is 96.1 Å². The largest absolute Gasteiger partial charge is 0.419 e. The molecule has 0 saturated carbocycles. The highest BCUT2D eigenvalue weighted by Gasteiger charge is 2.52. The quantitative estimate of drug-likeness (QED) is 0.172. The standard InChI is InChI=1S/C30H30F9O3P/c1-16-10-7-11-17(2)22(16)25(28(31,32)33)40-43(41-26(29(34,35)36)23-18(3)12-8-13-19(23)4)42-27(30(37,38)39)24-20(5)14-9-15-21(24)6/h7-15,25-27H,1-6H3. The number of hydrogen-bond acceptors (Lipinski definition) is 3.